The topological polar surface area (TPSA) is 61.8 Å². The van der Waals surface area contributed by atoms with Crippen LogP contribution in [-0.4, -0.2) is 48.4 Å². The molecule has 0 saturated carbocycles. The van der Waals surface area contributed by atoms with Crippen LogP contribution < -0.4 is 5.32 Å². The van der Waals surface area contributed by atoms with Crippen molar-refractivity contribution in [3.63, 3.8) is 0 Å². The van der Waals surface area contributed by atoms with Crippen molar-refractivity contribution in [1.29, 1.82) is 0 Å². The van der Waals surface area contributed by atoms with Gasteiger partial charge in [-0.2, -0.15) is 0 Å². The molecule has 2 unspecified atom stereocenters. The number of halogens is 2. The van der Waals surface area contributed by atoms with Gasteiger partial charge in [0.1, 0.15) is 11.6 Å². The van der Waals surface area contributed by atoms with Gasteiger partial charge in [0.15, 0.2) is 0 Å². The normalized spacial score (nSPS) is 20.1. The third-order valence-corrected chi connectivity index (χ3v) is 3.87. The minimum absolute atomic E-state index is 0.0968. The average molecular weight is 328 g/mol. The summed E-state index contributed by atoms with van der Waals surface area (Å²) in [7, 11) is 0. The monoisotopic (exact) mass is 328 g/mol. The Morgan fingerprint density at radius 2 is 2.17 bits per heavy atom. The van der Waals surface area contributed by atoms with Crippen molar-refractivity contribution >= 4 is 6.09 Å². The van der Waals surface area contributed by atoms with Crippen LogP contribution in [0.4, 0.5) is 13.6 Å². The molecule has 5 nitrogen and oxygen atoms in total. The van der Waals surface area contributed by atoms with Gasteiger partial charge in [-0.05, 0) is 38.4 Å². The van der Waals surface area contributed by atoms with E-state index in [2.05, 4.69) is 5.32 Å². The van der Waals surface area contributed by atoms with Crippen molar-refractivity contribution in [3.8, 4) is 0 Å². The molecule has 128 valence electrons. The molecule has 1 aromatic carbocycles. The second-order valence-electron chi connectivity index (χ2n) is 5.61. The van der Waals surface area contributed by atoms with E-state index in [9.17, 15) is 18.7 Å². The van der Waals surface area contributed by atoms with Crippen LogP contribution in [0.15, 0.2) is 18.2 Å². The number of carbonyl (C=O) groups excluding carboxylic acids is 1. The first-order valence-electron chi connectivity index (χ1n) is 7.78. The molecule has 0 radical (unpaired) electrons. The summed E-state index contributed by atoms with van der Waals surface area (Å²) in [5, 5.41) is 12.9. The van der Waals surface area contributed by atoms with Gasteiger partial charge < -0.3 is 15.2 Å². The van der Waals surface area contributed by atoms with E-state index in [1.807, 2.05) is 4.90 Å². The summed E-state index contributed by atoms with van der Waals surface area (Å²) in [5.41, 5.74) is -0.312. The third kappa shape index (κ3) is 4.87. The Hall–Kier alpha value is -1.73. The minimum Gasteiger partial charge on any atom is -0.450 e. The number of carbonyl (C=O) groups is 1. The zero-order valence-corrected chi connectivity index (χ0v) is 13.1. The summed E-state index contributed by atoms with van der Waals surface area (Å²) in [4.78, 5) is 13.3. The third-order valence-electron chi connectivity index (χ3n) is 3.87. The summed E-state index contributed by atoms with van der Waals surface area (Å²) in [6.07, 6.45) is -0.0965. The number of benzene rings is 1. The Morgan fingerprint density at radius 3 is 2.83 bits per heavy atom. The molecule has 1 fully saturated rings. The van der Waals surface area contributed by atoms with Crippen LogP contribution in [-0.2, 0) is 4.74 Å². The van der Waals surface area contributed by atoms with Crippen LogP contribution >= 0.6 is 0 Å². The minimum atomic E-state index is -1.25. The van der Waals surface area contributed by atoms with E-state index in [-0.39, 0.29) is 18.2 Å². The zero-order valence-electron chi connectivity index (χ0n) is 13.1. The fourth-order valence-corrected chi connectivity index (χ4v) is 2.84. The smallest absolute Gasteiger partial charge is 0.407 e. The van der Waals surface area contributed by atoms with Gasteiger partial charge in [-0.15, -0.1) is 0 Å². The first-order valence-corrected chi connectivity index (χ1v) is 7.78. The van der Waals surface area contributed by atoms with Crippen molar-refractivity contribution in [3.05, 3.63) is 35.4 Å². The van der Waals surface area contributed by atoms with Gasteiger partial charge in [0.05, 0.1) is 18.3 Å². The van der Waals surface area contributed by atoms with Crippen LogP contribution in [0.1, 0.15) is 31.4 Å². The highest BCUT2D eigenvalue weighted by molar-refractivity contribution is 5.67. The maximum atomic E-state index is 13.7. The Labute approximate surface area is 134 Å². The highest BCUT2D eigenvalue weighted by Crippen LogP contribution is 2.23. The highest BCUT2D eigenvalue weighted by atomic mass is 19.1. The molecule has 23 heavy (non-hydrogen) atoms. The predicted octanol–water partition coefficient (Wildman–Crippen LogP) is 2.21. The average Bonchev–Trinajstić information content (AvgIpc) is 2.47. The van der Waals surface area contributed by atoms with E-state index in [0.29, 0.717) is 19.7 Å². The molecule has 1 amide bonds. The Balaban J connectivity index is 1.93. The molecule has 2 atom stereocenters. The number of aliphatic hydroxyl groups excluding tert-OH is 1. The van der Waals surface area contributed by atoms with E-state index in [0.717, 1.165) is 25.0 Å². The predicted molar refractivity (Wildman–Crippen MR) is 80.9 cm³/mol. The van der Waals surface area contributed by atoms with E-state index in [4.69, 9.17) is 4.74 Å². The van der Waals surface area contributed by atoms with Crippen LogP contribution in [0.2, 0.25) is 0 Å². The van der Waals surface area contributed by atoms with Gasteiger partial charge >= 0.3 is 6.09 Å². The number of ether oxygens (including phenoxy) is 1. The number of β-amino-alcohol motifs (C(OH)–C–C–N with tert-alkyl or cyclic N) is 1. The number of rotatable bonds is 5. The number of aliphatic hydroxyl groups is 1. The van der Waals surface area contributed by atoms with Gasteiger partial charge in [0, 0.05) is 19.1 Å². The Bertz CT molecular complexity index is 522. The molecule has 0 bridgehead atoms. The lowest BCUT2D eigenvalue weighted by Crippen LogP contribution is -2.48. The molecule has 7 heteroatoms. The molecule has 0 aromatic heterocycles. The van der Waals surface area contributed by atoms with Crippen molar-refractivity contribution in [2.24, 2.45) is 0 Å². The fraction of sp³-hybridized carbons (Fsp3) is 0.562. The van der Waals surface area contributed by atoms with Gasteiger partial charge in [-0.3, -0.25) is 4.90 Å². The molecule has 1 saturated heterocycles. The molecule has 0 spiro atoms. The van der Waals surface area contributed by atoms with Gasteiger partial charge in [-0.25, -0.2) is 13.6 Å². The maximum absolute atomic E-state index is 13.7. The molecule has 1 aromatic rings. The number of hydrogen-bond donors (Lipinski definition) is 2. The molecule has 0 aliphatic carbocycles. The highest BCUT2D eigenvalue weighted by Gasteiger charge is 2.26. The molecular formula is C16H22F2N2O3. The fourth-order valence-electron chi connectivity index (χ4n) is 2.84. The summed E-state index contributed by atoms with van der Waals surface area (Å²) >= 11 is 0. The van der Waals surface area contributed by atoms with Crippen LogP contribution in [0.3, 0.4) is 0 Å². The van der Waals surface area contributed by atoms with E-state index >= 15 is 0 Å². The largest absolute Gasteiger partial charge is 0.450 e. The SMILES string of the molecule is CCOC(=O)NC1CCCN(CC(O)c2c(F)cccc2F)C1. The van der Waals surface area contributed by atoms with Crippen LogP contribution in [0.5, 0.6) is 0 Å². The molecule has 1 aliphatic heterocycles. The second-order valence-corrected chi connectivity index (χ2v) is 5.61. The van der Waals surface area contributed by atoms with E-state index in [1.165, 1.54) is 6.07 Å². The zero-order chi connectivity index (χ0) is 16.8. The van der Waals surface area contributed by atoms with Gasteiger partial charge in [0.25, 0.3) is 0 Å². The number of hydrogen-bond acceptors (Lipinski definition) is 4. The number of piperidine rings is 1. The molecule has 2 rings (SSSR count). The van der Waals surface area contributed by atoms with Gasteiger partial charge in [0.2, 0.25) is 0 Å². The number of amides is 1. The summed E-state index contributed by atoms with van der Waals surface area (Å²) in [6.45, 7) is 3.35. The van der Waals surface area contributed by atoms with Crippen LogP contribution in [0, 0.1) is 11.6 Å². The lowest BCUT2D eigenvalue weighted by Gasteiger charge is -2.34. The number of likely N-dealkylation sites (tertiary alicyclic amines) is 1. The quantitative estimate of drug-likeness (QED) is 0.870. The number of alkyl carbamates (subject to hydrolysis) is 1. The molecule has 1 aliphatic rings. The van der Waals surface area contributed by atoms with E-state index in [1.54, 1.807) is 6.92 Å². The maximum Gasteiger partial charge on any atom is 0.407 e. The standard InChI is InChI=1S/C16H22F2N2O3/c1-2-23-16(22)19-11-5-4-8-20(9-11)10-14(21)15-12(17)6-3-7-13(15)18/h3,6-7,11,14,21H,2,4-5,8-10H2,1H3,(H,19,22). The van der Waals surface area contributed by atoms with Crippen molar-refractivity contribution < 1.29 is 23.4 Å². The van der Waals surface area contributed by atoms with Crippen molar-refractivity contribution in [2.45, 2.75) is 31.9 Å². The first kappa shape index (κ1) is 17.6. The van der Waals surface area contributed by atoms with E-state index < -0.39 is 23.8 Å². The summed E-state index contributed by atoms with van der Waals surface area (Å²) in [6, 6.07) is 3.42. The molecular weight excluding hydrogens is 306 g/mol. The summed E-state index contributed by atoms with van der Waals surface area (Å²) < 4.78 is 32.2. The Kier molecular flexibility index (Phi) is 6.29. The summed E-state index contributed by atoms with van der Waals surface area (Å²) in [5.74, 6) is -1.51. The molecule has 1 heterocycles. The van der Waals surface area contributed by atoms with Gasteiger partial charge in [-0.1, -0.05) is 6.07 Å². The van der Waals surface area contributed by atoms with Crippen molar-refractivity contribution in [1.82, 2.24) is 10.2 Å². The van der Waals surface area contributed by atoms with Crippen LogP contribution in [0.25, 0.3) is 0 Å². The Morgan fingerprint density at radius 1 is 1.48 bits per heavy atom. The van der Waals surface area contributed by atoms with Crippen molar-refractivity contribution in [2.75, 3.05) is 26.2 Å². The molecule has 2 N–H and O–H groups in total. The second kappa shape index (κ2) is 8.21. The number of nitrogens with one attached hydrogen (secondary N) is 1. The lowest BCUT2D eigenvalue weighted by molar-refractivity contribution is 0.0837. The number of nitrogens with zero attached hydrogens (tertiary/aromatic N) is 1. The lowest BCUT2D eigenvalue weighted by atomic mass is 10.0. The first-order chi connectivity index (χ1) is 11.0.